The van der Waals surface area contributed by atoms with Gasteiger partial charge in [-0.15, -0.1) is 0 Å². The average Bonchev–Trinajstić information content (AvgIpc) is 3.65. The Morgan fingerprint density at radius 3 is 2.72 bits per heavy atom. The van der Waals surface area contributed by atoms with Gasteiger partial charge in [0.25, 0.3) is 0 Å². The Balaban J connectivity index is 1.94. The van der Waals surface area contributed by atoms with Gasteiger partial charge in [0.05, 0.1) is 12.8 Å². The van der Waals surface area contributed by atoms with Crippen LogP contribution >= 0.6 is 0 Å². The van der Waals surface area contributed by atoms with E-state index in [4.69, 9.17) is 9.72 Å². The molecule has 1 atom stereocenters. The maximum atomic E-state index is 5.58. The van der Waals surface area contributed by atoms with Crippen molar-refractivity contribution in [1.29, 1.82) is 0 Å². The highest BCUT2D eigenvalue weighted by molar-refractivity contribution is 5.76. The number of pyridine rings is 1. The van der Waals surface area contributed by atoms with Crippen LogP contribution < -0.4 is 10.1 Å². The van der Waals surface area contributed by atoms with Gasteiger partial charge >= 0.3 is 0 Å². The van der Waals surface area contributed by atoms with E-state index in [1.807, 2.05) is 13.0 Å². The van der Waals surface area contributed by atoms with E-state index in [2.05, 4.69) is 66.8 Å². The third-order valence-corrected chi connectivity index (χ3v) is 6.11. The molecule has 0 aliphatic heterocycles. The van der Waals surface area contributed by atoms with Crippen LogP contribution in [0.2, 0.25) is 0 Å². The van der Waals surface area contributed by atoms with Crippen LogP contribution in [0.5, 0.6) is 5.75 Å². The summed E-state index contributed by atoms with van der Waals surface area (Å²) in [6, 6.07) is 11.5. The van der Waals surface area contributed by atoms with Crippen molar-refractivity contribution in [3.05, 3.63) is 48.0 Å². The van der Waals surface area contributed by atoms with E-state index >= 15 is 0 Å². The molecule has 1 aromatic carbocycles. The maximum Gasteiger partial charge on any atom is 0.161 e. The Kier molecular flexibility index (Phi) is 8.46. The molecule has 2 aromatic rings. The zero-order valence-corrected chi connectivity index (χ0v) is 20.3. The molecule has 0 radical (unpaired) electrons. The lowest BCUT2D eigenvalue weighted by atomic mass is 10.0. The normalized spacial score (nSPS) is 14.5. The molecule has 5 heteroatoms. The SMILES string of the molecule is C=C(c1ccc(-c2ccc(OC)c(CNC3CC3)c2)nc1/N=C/C)N(CCC)[C@@H](C)CC. The van der Waals surface area contributed by atoms with Crippen molar-refractivity contribution in [1.82, 2.24) is 15.2 Å². The number of hydrogen-bond donors (Lipinski definition) is 1. The molecule has 0 unspecified atom stereocenters. The molecule has 32 heavy (non-hydrogen) atoms. The molecule has 1 saturated carbocycles. The second kappa shape index (κ2) is 11.3. The molecular formula is C27H38N4O. The number of aromatic nitrogens is 1. The fourth-order valence-electron chi connectivity index (χ4n) is 3.91. The van der Waals surface area contributed by atoms with Crippen molar-refractivity contribution in [2.45, 2.75) is 72.0 Å². The molecule has 0 bridgehead atoms. The van der Waals surface area contributed by atoms with Gasteiger partial charge in [-0.2, -0.15) is 0 Å². The van der Waals surface area contributed by atoms with E-state index in [1.54, 1.807) is 13.3 Å². The Bertz CT molecular complexity index is 949. The largest absolute Gasteiger partial charge is 0.496 e. The van der Waals surface area contributed by atoms with Gasteiger partial charge in [-0.3, -0.25) is 0 Å². The summed E-state index contributed by atoms with van der Waals surface area (Å²) in [6.45, 7) is 14.8. The third kappa shape index (κ3) is 5.77. The first-order valence-corrected chi connectivity index (χ1v) is 11.9. The van der Waals surface area contributed by atoms with E-state index in [0.717, 1.165) is 59.8 Å². The van der Waals surface area contributed by atoms with Crippen LogP contribution in [0, 0.1) is 0 Å². The predicted octanol–water partition coefficient (Wildman–Crippen LogP) is 6.21. The van der Waals surface area contributed by atoms with Gasteiger partial charge in [0.2, 0.25) is 0 Å². The molecule has 172 valence electrons. The minimum Gasteiger partial charge on any atom is -0.496 e. The summed E-state index contributed by atoms with van der Waals surface area (Å²) in [4.78, 5) is 11.9. The van der Waals surface area contributed by atoms with E-state index < -0.39 is 0 Å². The minimum absolute atomic E-state index is 0.420. The highest BCUT2D eigenvalue weighted by atomic mass is 16.5. The number of nitrogens with zero attached hydrogens (tertiary/aromatic N) is 3. The molecular weight excluding hydrogens is 396 g/mol. The second-order valence-electron chi connectivity index (χ2n) is 8.53. The summed E-state index contributed by atoms with van der Waals surface area (Å²) in [5.41, 5.74) is 5.10. The lowest BCUT2D eigenvalue weighted by molar-refractivity contribution is 0.305. The summed E-state index contributed by atoms with van der Waals surface area (Å²) in [7, 11) is 1.72. The van der Waals surface area contributed by atoms with Crippen molar-refractivity contribution < 1.29 is 4.74 Å². The molecule has 0 amide bonds. The fraction of sp³-hybridized carbons (Fsp3) is 0.481. The smallest absolute Gasteiger partial charge is 0.161 e. The van der Waals surface area contributed by atoms with Crippen LogP contribution in [0.1, 0.15) is 64.5 Å². The monoisotopic (exact) mass is 434 g/mol. The molecule has 1 aromatic heterocycles. The Morgan fingerprint density at radius 1 is 1.31 bits per heavy atom. The lowest BCUT2D eigenvalue weighted by Crippen LogP contribution is -2.31. The van der Waals surface area contributed by atoms with Crippen molar-refractivity contribution >= 4 is 17.7 Å². The first kappa shape index (κ1) is 24.0. The van der Waals surface area contributed by atoms with Crippen LogP contribution in [-0.2, 0) is 6.54 Å². The van der Waals surface area contributed by atoms with Crippen LogP contribution in [0.15, 0.2) is 41.9 Å². The number of methoxy groups -OCH3 is 1. The van der Waals surface area contributed by atoms with Crippen molar-refractivity contribution in [3.8, 4) is 17.0 Å². The Hall–Kier alpha value is -2.66. The van der Waals surface area contributed by atoms with Crippen LogP contribution in [-0.4, -0.2) is 41.8 Å². The van der Waals surface area contributed by atoms with Gasteiger partial charge in [-0.1, -0.05) is 20.4 Å². The first-order valence-electron chi connectivity index (χ1n) is 11.9. The van der Waals surface area contributed by atoms with Gasteiger partial charge in [0.1, 0.15) is 5.75 Å². The summed E-state index contributed by atoms with van der Waals surface area (Å²) < 4.78 is 5.58. The lowest BCUT2D eigenvalue weighted by Gasteiger charge is -2.32. The van der Waals surface area contributed by atoms with Gasteiger partial charge in [-0.25, -0.2) is 9.98 Å². The number of hydrogen-bond acceptors (Lipinski definition) is 5. The molecule has 5 nitrogen and oxygen atoms in total. The van der Waals surface area contributed by atoms with Crippen LogP contribution in [0.25, 0.3) is 17.0 Å². The molecule has 1 aliphatic rings. The van der Waals surface area contributed by atoms with E-state index in [-0.39, 0.29) is 0 Å². The standard InChI is InChI=1S/C27H38N4O/c1-7-16-31(19(4)8-2)20(5)24-13-14-25(30-27(24)28-9-3)21-10-15-26(32-6)22(17-21)18-29-23-11-12-23/h9-10,13-15,17,19,23,29H,5,7-8,11-12,16,18H2,1-4,6H3/b28-9+/t19-/m0/s1. The maximum absolute atomic E-state index is 5.58. The molecule has 0 spiro atoms. The summed E-state index contributed by atoms with van der Waals surface area (Å²) in [5.74, 6) is 1.62. The number of ether oxygens (including phenoxy) is 1. The zero-order valence-electron chi connectivity index (χ0n) is 20.3. The molecule has 1 heterocycles. The Morgan fingerprint density at radius 2 is 2.09 bits per heavy atom. The topological polar surface area (TPSA) is 49.8 Å². The summed E-state index contributed by atoms with van der Waals surface area (Å²) in [5, 5.41) is 3.58. The van der Waals surface area contributed by atoms with Gasteiger partial charge in [0.15, 0.2) is 5.82 Å². The zero-order chi connectivity index (χ0) is 23.1. The van der Waals surface area contributed by atoms with E-state index in [1.165, 1.54) is 12.8 Å². The van der Waals surface area contributed by atoms with Gasteiger partial charge < -0.3 is 15.0 Å². The summed E-state index contributed by atoms with van der Waals surface area (Å²) >= 11 is 0. The van der Waals surface area contributed by atoms with Crippen LogP contribution in [0.3, 0.4) is 0 Å². The molecule has 0 saturated heterocycles. The number of nitrogens with one attached hydrogen (secondary N) is 1. The first-order chi connectivity index (χ1) is 15.5. The van der Waals surface area contributed by atoms with E-state index in [0.29, 0.717) is 17.9 Å². The summed E-state index contributed by atoms with van der Waals surface area (Å²) in [6.07, 6.45) is 6.47. The third-order valence-electron chi connectivity index (χ3n) is 6.11. The van der Waals surface area contributed by atoms with Crippen molar-refractivity contribution in [3.63, 3.8) is 0 Å². The van der Waals surface area contributed by atoms with Crippen LogP contribution in [0.4, 0.5) is 5.82 Å². The van der Waals surface area contributed by atoms with Crippen molar-refractivity contribution in [2.75, 3.05) is 13.7 Å². The average molecular weight is 435 g/mol. The number of aliphatic imine (C=N–C) groups is 1. The molecule has 1 N–H and O–H groups in total. The van der Waals surface area contributed by atoms with Gasteiger partial charge in [-0.05, 0) is 69.9 Å². The number of benzene rings is 1. The van der Waals surface area contributed by atoms with E-state index in [9.17, 15) is 0 Å². The van der Waals surface area contributed by atoms with Crippen molar-refractivity contribution in [2.24, 2.45) is 4.99 Å². The molecule has 3 rings (SSSR count). The number of rotatable bonds is 12. The minimum atomic E-state index is 0.420. The predicted molar refractivity (Wildman–Crippen MR) is 136 cm³/mol. The molecule has 1 fully saturated rings. The molecule has 1 aliphatic carbocycles. The fourth-order valence-corrected chi connectivity index (χ4v) is 3.91. The second-order valence-corrected chi connectivity index (χ2v) is 8.53. The highest BCUT2D eigenvalue weighted by Crippen LogP contribution is 2.33. The Labute approximate surface area is 193 Å². The quantitative estimate of drug-likeness (QED) is 0.403. The van der Waals surface area contributed by atoms with Gasteiger partial charge in [0, 0.05) is 53.8 Å². The highest BCUT2D eigenvalue weighted by Gasteiger charge is 2.21.